The van der Waals surface area contributed by atoms with Gasteiger partial charge in [-0.25, -0.2) is 0 Å². The van der Waals surface area contributed by atoms with Gasteiger partial charge in [0.2, 0.25) is 11.8 Å². The first kappa shape index (κ1) is 16.5. The maximum atomic E-state index is 12.5. The molecule has 2 amide bonds. The molecular weight excluding hydrogens is 288 g/mol. The van der Waals surface area contributed by atoms with Crippen LogP contribution in [0.25, 0.3) is 0 Å². The number of rotatable bonds is 6. The monoisotopic (exact) mass is 318 g/mol. The lowest BCUT2D eigenvalue weighted by molar-refractivity contribution is -0.137. The van der Waals surface area contributed by atoms with E-state index >= 15 is 0 Å². The molecule has 0 spiro atoms. The van der Waals surface area contributed by atoms with Gasteiger partial charge in [0, 0.05) is 12.6 Å². The Hall–Kier alpha value is -1.32. The molecule has 0 unspecified atom stereocenters. The largest absolute Gasteiger partial charge is 0.355 e. The second-order valence-electron chi connectivity index (χ2n) is 7.50. The molecule has 0 bridgehead atoms. The maximum Gasteiger partial charge on any atom is 0.235 e. The summed E-state index contributed by atoms with van der Waals surface area (Å²) >= 11 is 0. The molecule has 3 aliphatic rings. The van der Waals surface area contributed by atoms with Gasteiger partial charge in [-0.05, 0) is 57.8 Å². The molecule has 0 aromatic carbocycles. The Morgan fingerprint density at radius 1 is 1.04 bits per heavy atom. The zero-order chi connectivity index (χ0) is 16.1. The fraction of sp³-hybridized carbons (Fsp3) is 0.789. The van der Waals surface area contributed by atoms with Crippen molar-refractivity contribution >= 4 is 11.8 Å². The first-order chi connectivity index (χ1) is 11.2. The Labute approximate surface area is 139 Å². The van der Waals surface area contributed by atoms with E-state index in [0.29, 0.717) is 19.4 Å². The Morgan fingerprint density at radius 3 is 2.48 bits per heavy atom. The average molecular weight is 318 g/mol. The molecule has 0 atom stereocenters. The third-order valence-electron chi connectivity index (χ3n) is 5.68. The molecule has 4 heteroatoms. The van der Waals surface area contributed by atoms with Gasteiger partial charge in [-0.15, -0.1) is 0 Å². The van der Waals surface area contributed by atoms with Crippen LogP contribution in [0.1, 0.15) is 77.0 Å². The molecule has 0 saturated heterocycles. The van der Waals surface area contributed by atoms with Crippen molar-refractivity contribution in [3.8, 4) is 0 Å². The van der Waals surface area contributed by atoms with E-state index in [1.807, 2.05) is 0 Å². The summed E-state index contributed by atoms with van der Waals surface area (Å²) < 4.78 is 0. The van der Waals surface area contributed by atoms with Crippen LogP contribution < -0.4 is 10.6 Å². The zero-order valence-electron chi connectivity index (χ0n) is 14.2. The second kappa shape index (κ2) is 7.50. The zero-order valence-corrected chi connectivity index (χ0v) is 14.2. The van der Waals surface area contributed by atoms with Crippen LogP contribution in [0.4, 0.5) is 0 Å². The summed E-state index contributed by atoms with van der Waals surface area (Å²) in [5, 5.41) is 6.14. The molecule has 0 aromatic heterocycles. The van der Waals surface area contributed by atoms with Crippen molar-refractivity contribution in [1.29, 1.82) is 0 Å². The van der Waals surface area contributed by atoms with Gasteiger partial charge in [-0.1, -0.05) is 30.9 Å². The number of hydrogen-bond acceptors (Lipinski definition) is 2. The van der Waals surface area contributed by atoms with Crippen LogP contribution in [-0.2, 0) is 9.59 Å². The maximum absolute atomic E-state index is 12.5. The molecular formula is C19H30N2O2. The summed E-state index contributed by atoms with van der Waals surface area (Å²) in [4.78, 5) is 25.0. The van der Waals surface area contributed by atoms with Gasteiger partial charge in [0.25, 0.3) is 0 Å². The molecule has 0 heterocycles. The number of nitrogens with one attached hydrogen (secondary N) is 2. The van der Waals surface area contributed by atoms with E-state index in [-0.39, 0.29) is 17.9 Å². The van der Waals surface area contributed by atoms with Crippen molar-refractivity contribution in [3.63, 3.8) is 0 Å². The Bertz CT molecular complexity index is 474. The highest BCUT2D eigenvalue weighted by atomic mass is 16.2. The minimum absolute atomic E-state index is 0.0289. The van der Waals surface area contributed by atoms with Crippen molar-refractivity contribution < 1.29 is 9.59 Å². The Kier molecular flexibility index (Phi) is 5.39. The van der Waals surface area contributed by atoms with Gasteiger partial charge in [0.1, 0.15) is 5.41 Å². The first-order valence-electron chi connectivity index (χ1n) is 9.48. The molecule has 3 aliphatic carbocycles. The molecule has 128 valence electrons. The van der Waals surface area contributed by atoms with E-state index in [4.69, 9.17) is 0 Å². The summed E-state index contributed by atoms with van der Waals surface area (Å²) in [7, 11) is 0. The Morgan fingerprint density at radius 2 is 1.83 bits per heavy atom. The summed E-state index contributed by atoms with van der Waals surface area (Å²) in [5.41, 5.74) is 0.714. The fourth-order valence-corrected chi connectivity index (χ4v) is 3.89. The van der Waals surface area contributed by atoms with E-state index < -0.39 is 5.41 Å². The van der Waals surface area contributed by atoms with Crippen LogP contribution in [-0.4, -0.2) is 24.4 Å². The van der Waals surface area contributed by atoms with Crippen molar-refractivity contribution in [2.75, 3.05) is 6.54 Å². The number of hydrogen-bond donors (Lipinski definition) is 2. The van der Waals surface area contributed by atoms with Gasteiger partial charge in [0.15, 0.2) is 0 Å². The molecule has 2 saturated carbocycles. The predicted octanol–water partition coefficient (Wildman–Crippen LogP) is 3.22. The summed E-state index contributed by atoms with van der Waals surface area (Å²) in [6.07, 6.45) is 15.4. The molecule has 0 aliphatic heterocycles. The van der Waals surface area contributed by atoms with Crippen LogP contribution in [0.15, 0.2) is 11.6 Å². The minimum atomic E-state index is -0.752. The molecule has 4 nitrogen and oxygen atoms in total. The van der Waals surface area contributed by atoms with E-state index in [1.54, 1.807) is 0 Å². The van der Waals surface area contributed by atoms with Crippen LogP contribution in [0, 0.1) is 5.41 Å². The highest BCUT2D eigenvalue weighted by molar-refractivity contribution is 6.07. The highest BCUT2D eigenvalue weighted by Gasteiger charge is 2.56. The van der Waals surface area contributed by atoms with Crippen molar-refractivity contribution in [3.05, 3.63) is 11.6 Å². The normalized spacial score (nSPS) is 23.7. The molecule has 0 aromatic rings. The smallest absolute Gasteiger partial charge is 0.235 e. The summed E-state index contributed by atoms with van der Waals surface area (Å²) in [6.45, 7) is 0.670. The third-order valence-corrected chi connectivity index (χ3v) is 5.68. The Balaban J connectivity index is 1.44. The lowest BCUT2D eigenvalue weighted by Crippen LogP contribution is -2.47. The highest BCUT2D eigenvalue weighted by Crippen LogP contribution is 2.46. The van der Waals surface area contributed by atoms with Crippen molar-refractivity contribution in [1.82, 2.24) is 10.6 Å². The van der Waals surface area contributed by atoms with E-state index in [2.05, 4.69) is 16.7 Å². The number of carbonyl (C=O) groups excluding carboxylic acids is 2. The number of amides is 2. The van der Waals surface area contributed by atoms with Gasteiger partial charge in [0.05, 0.1) is 0 Å². The average Bonchev–Trinajstić information content (AvgIpc) is 3.39. The van der Waals surface area contributed by atoms with Crippen molar-refractivity contribution in [2.45, 2.75) is 83.1 Å². The van der Waals surface area contributed by atoms with Crippen LogP contribution in [0.3, 0.4) is 0 Å². The number of carbonyl (C=O) groups is 2. The molecule has 23 heavy (non-hydrogen) atoms. The van der Waals surface area contributed by atoms with E-state index in [9.17, 15) is 9.59 Å². The minimum Gasteiger partial charge on any atom is -0.355 e. The summed E-state index contributed by atoms with van der Waals surface area (Å²) in [6, 6.07) is 0.286. The van der Waals surface area contributed by atoms with Crippen LogP contribution >= 0.6 is 0 Å². The van der Waals surface area contributed by atoms with Crippen molar-refractivity contribution in [2.24, 2.45) is 5.41 Å². The predicted molar refractivity (Wildman–Crippen MR) is 90.9 cm³/mol. The standard InChI is InChI=1S/C19H30N2O2/c22-17(20-14-11-15-7-3-1-4-8-15)19(12-13-19)18(23)21-16-9-5-2-6-10-16/h7,16H,1-6,8-14H2,(H,20,22)(H,21,23). The first-order valence-corrected chi connectivity index (χ1v) is 9.48. The molecule has 0 radical (unpaired) electrons. The number of allylic oxidation sites excluding steroid dienone is 1. The SMILES string of the molecule is O=C(NCCC1=CCCCC1)C1(C(=O)NC2CCCCC2)CC1. The third kappa shape index (κ3) is 4.15. The van der Waals surface area contributed by atoms with Gasteiger partial charge in [-0.3, -0.25) is 9.59 Å². The fourth-order valence-electron chi connectivity index (χ4n) is 3.89. The lowest BCUT2D eigenvalue weighted by Gasteiger charge is -2.25. The van der Waals surface area contributed by atoms with Gasteiger partial charge >= 0.3 is 0 Å². The molecule has 2 N–H and O–H groups in total. The molecule has 2 fully saturated rings. The quantitative estimate of drug-likeness (QED) is 0.583. The van der Waals surface area contributed by atoms with E-state index in [0.717, 1.165) is 19.3 Å². The topological polar surface area (TPSA) is 58.2 Å². The van der Waals surface area contributed by atoms with Gasteiger partial charge < -0.3 is 10.6 Å². The summed E-state index contributed by atoms with van der Waals surface area (Å²) in [5.74, 6) is -0.0824. The van der Waals surface area contributed by atoms with Crippen LogP contribution in [0.2, 0.25) is 0 Å². The molecule has 3 rings (SSSR count). The van der Waals surface area contributed by atoms with Crippen LogP contribution in [0.5, 0.6) is 0 Å². The lowest BCUT2D eigenvalue weighted by atomic mass is 9.94. The van der Waals surface area contributed by atoms with E-state index in [1.165, 1.54) is 50.5 Å². The second-order valence-corrected chi connectivity index (χ2v) is 7.50. The van der Waals surface area contributed by atoms with Gasteiger partial charge in [-0.2, -0.15) is 0 Å².